The molecule has 1 amide bonds. The van der Waals surface area contributed by atoms with Crippen LogP contribution in [0, 0.1) is 0 Å². The lowest BCUT2D eigenvalue weighted by atomic mass is 10.3. The number of pyridine rings is 1. The van der Waals surface area contributed by atoms with Crippen molar-refractivity contribution in [2.45, 2.75) is 6.92 Å². The third kappa shape index (κ3) is 2.82. The molecule has 0 spiro atoms. The van der Waals surface area contributed by atoms with E-state index in [1.54, 1.807) is 11.1 Å². The molecule has 1 aliphatic heterocycles. The van der Waals surface area contributed by atoms with E-state index < -0.39 is 0 Å². The third-order valence-corrected chi connectivity index (χ3v) is 2.54. The van der Waals surface area contributed by atoms with Crippen LogP contribution < -0.4 is 15.5 Å². The van der Waals surface area contributed by atoms with Gasteiger partial charge in [-0.25, -0.2) is 4.98 Å². The minimum atomic E-state index is 0.0967. The number of amides is 1. The van der Waals surface area contributed by atoms with Gasteiger partial charge in [0.2, 0.25) is 5.91 Å². The molecule has 1 aromatic rings. The van der Waals surface area contributed by atoms with Crippen molar-refractivity contribution in [1.82, 2.24) is 10.3 Å². The number of carbonyl (C=O) groups excluding carboxylic acids is 1. The van der Waals surface area contributed by atoms with Gasteiger partial charge in [-0.05, 0) is 19.2 Å². The number of nitrogens with zero attached hydrogens (tertiary/aromatic N) is 2. The number of hydrogen-bond donors (Lipinski definition) is 2. The first-order valence-electron chi connectivity index (χ1n) is 5.66. The Balaban J connectivity index is 2.17. The van der Waals surface area contributed by atoms with E-state index in [4.69, 9.17) is 0 Å². The molecule has 0 bridgehead atoms. The lowest BCUT2D eigenvalue weighted by Gasteiger charge is -2.27. The van der Waals surface area contributed by atoms with Gasteiger partial charge in [0.05, 0.1) is 6.54 Å². The molecule has 2 heterocycles. The number of anilines is 2. The van der Waals surface area contributed by atoms with Gasteiger partial charge in [-0.1, -0.05) is 6.08 Å². The van der Waals surface area contributed by atoms with Gasteiger partial charge >= 0.3 is 0 Å². The van der Waals surface area contributed by atoms with Crippen LogP contribution in [0.5, 0.6) is 0 Å². The van der Waals surface area contributed by atoms with Crippen molar-refractivity contribution in [3.8, 4) is 0 Å². The van der Waals surface area contributed by atoms with Crippen molar-refractivity contribution in [2.75, 3.05) is 29.9 Å². The summed E-state index contributed by atoms with van der Waals surface area (Å²) in [5, 5.41) is 6.09. The van der Waals surface area contributed by atoms with Crippen LogP contribution in [0.25, 0.3) is 0 Å². The zero-order chi connectivity index (χ0) is 12.1. The van der Waals surface area contributed by atoms with E-state index >= 15 is 0 Å². The molecule has 1 aromatic heterocycles. The van der Waals surface area contributed by atoms with E-state index in [9.17, 15) is 4.79 Å². The van der Waals surface area contributed by atoms with Gasteiger partial charge in [-0.15, -0.1) is 0 Å². The first-order chi connectivity index (χ1) is 8.31. The summed E-state index contributed by atoms with van der Waals surface area (Å²) in [6.07, 6.45) is 5.41. The summed E-state index contributed by atoms with van der Waals surface area (Å²) < 4.78 is 0. The second-order valence-electron chi connectivity index (χ2n) is 3.77. The molecule has 2 rings (SSSR count). The van der Waals surface area contributed by atoms with Crippen molar-refractivity contribution in [1.29, 1.82) is 0 Å². The Kier molecular flexibility index (Phi) is 3.72. The highest BCUT2D eigenvalue weighted by molar-refractivity contribution is 5.95. The summed E-state index contributed by atoms with van der Waals surface area (Å²) in [6.45, 7) is 3.86. The highest BCUT2D eigenvalue weighted by atomic mass is 16.2. The monoisotopic (exact) mass is 232 g/mol. The van der Waals surface area contributed by atoms with Crippen molar-refractivity contribution < 1.29 is 4.79 Å². The van der Waals surface area contributed by atoms with Gasteiger partial charge in [0.1, 0.15) is 5.82 Å². The Morgan fingerprint density at radius 2 is 2.47 bits per heavy atom. The van der Waals surface area contributed by atoms with Crippen LogP contribution in [-0.2, 0) is 4.79 Å². The van der Waals surface area contributed by atoms with Gasteiger partial charge in [0.15, 0.2) is 0 Å². The van der Waals surface area contributed by atoms with Crippen LogP contribution >= 0.6 is 0 Å². The molecule has 1 saturated heterocycles. The van der Waals surface area contributed by atoms with E-state index in [1.165, 1.54) is 0 Å². The summed E-state index contributed by atoms with van der Waals surface area (Å²) in [5.41, 5.74) is 0.888. The molecule has 0 atom stereocenters. The molecule has 1 aliphatic rings. The molecule has 1 fully saturated rings. The van der Waals surface area contributed by atoms with E-state index in [0.717, 1.165) is 18.1 Å². The second kappa shape index (κ2) is 5.45. The van der Waals surface area contributed by atoms with Crippen molar-refractivity contribution >= 4 is 17.4 Å². The fourth-order valence-corrected chi connectivity index (χ4v) is 1.71. The Morgan fingerprint density at radius 1 is 1.59 bits per heavy atom. The number of hydrogen-bond acceptors (Lipinski definition) is 4. The smallest absolute Gasteiger partial charge is 0.240 e. The number of piperazine rings is 1. The van der Waals surface area contributed by atoms with Gasteiger partial charge in [0, 0.05) is 31.0 Å². The molecule has 0 aliphatic carbocycles. The lowest BCUT2D eigenvalue weighted by molar-refractivity contribution is -0.118. The first kappa shape index (κ1) is 11.6. The average molecular weight is 232 g/mol. The van der Waals surface area contributed by atoms with Crippen LogP contribution in [0.2, 0.25) is 0 Å². The molecule has 0 saturated carbocycles. The highest BCUT2D eigenvalue weighted by Gasteiger charge is 2.19. The van der Waals surface area contributed by atoms with E-state index in [0.29, 0.717) is 13.1 Å². The summed E-state index contributed by atoms with van der Waals surface area (Å²) in [5.74, 6) is 0.839. The normalized spacial score (nSPS) is 16.5. The molecule has 0 radical (unpaired) electrons. The fourth-order valence-electron chi connectivity index (χ4n) is 1.71. The molecule has 90 valence electrons. The predicted molar refractivity (Wildman–Crippen MR) is 67.9 cm³/mol. The Labute approximate surface area is 101 Å². The minimum Gasteiger partial charge on any atom is -0.347 e. The highest BCUT2D eigenvalue weighted by Crippen LogP contribution is 2.18. The SMILES string of the molecule is C/C=C\Nc1cc(N2CCNCC2=O)ccn1. The van der Waals surface area contributed by atoms with Gasteiger partial charge in [-0.3, -0.25) is 4.79 Å². The maximum absolute atomic E-state index is 11.7. The maximum Gasteiger partial charge on any atom is 0.240 e. The molecule has 2 N–H and O–H groups in total. The number of carbonyl (C=O) groups is 1. The zero-order valence-corrected chi connectivity index (χ0v) is 9.81. The number of rotatable bonds is 3. The summed E-state index contributed by atoms with van der Waals surface area (Å²) in [6, 6.07) is 3.73. The predicted octanol–water partition coefficient (Wildman–Crippen LogP) is 0.963. The Hall–Kier alpha value is -1.88. The quantitative estimate of drug-likeness (QED) is 0.815. The number of nitrogens with one attached hydrogen (secondary N) is 2. The molecule has 17 heavy (non-hydrogen) atoms. The fraction of sp³-hybridized carbons (Fsp3) is 0.333. The van der Waals surface area contributed by atoms with E-state index in [2.05, 4.69) is 15.6 Å². The third-order valence-electron chi connectivity index (χ3n) is 2.54. The van der Waals surface area contributed by atoms with Gasteiger partial charge < -0.3 is 15.5 Å². The van der Waals surface area contributed by atoms with Crippen LogP contribution in [0.3, 0.4) is 0 Å². The zero-order valence-electron chi connectivity index (χ0n) is 9.81. The lowest BCUT2D eigenvalue weighted by Crippen LogP contribution is -2.48. The Morgan fingerprint density at radius 3 is 3.24 bits per heavy atom. The van der Waals surface area contributed by atoms with Crippen LogP contribution in [-0.4, -0.2) is 30.5 Å². The average Bonchev–Trinajstić information content (AvgIpc) is 2.37. The molecule has 5 heteroatoms. The second-order valence-corrected chi connectivity index (χ2v) is 3.77. The standard InChI is InChI=1S/C12H16N4O/c1-2-4-14-11-8-10(3-5-15-11)16-7-6-13-9-12(16)17/h2-5,8,13H,6-7,9H2,1H3,(H,14,15)/b4-2-. The minimum absolute atomic E-state index is 0.0967. The topological polar surface area (TPSA) is 57.3 Å². The van der Waals surface area contributed by atoms with Crippen molar-refractivity contribution in [2.24, 2.45) is 0 Å². The largest absolute Gasteiger partial charge is 0.347 e. The van der Waals surface area contributed by atoms with E-state index in [1.807, 2.05) is 31.3 Å². The summed E-state index contributed by atoms with van der Waals surface area (Å²) in [7, 11) is 0. The maximum atomic E-state index is 11.7. The number of allylic oxidation sites excluding steroid dienone is 1. The molecule has 0 aromatic carbocycles. The molecule has 5 nitrogen and oxygen atoms in total. The first-order valence-corrected chi connectivity index (χ1v) is 5.66. The summed E-state index contributed by atoms with van der Waals surface area (Å²) in [4.78, 5) is 17.7. The van der Waals surface area contributed by atoms with Crippen LogP contribution in [0.1, 0.15) is 6.92 Å². The van der Waals surface area contributed by atoms with Crippen molar-refractivity contribution in [3.05, 3.63) is 30.6 Å². The molecule has 0 unspecified atom stereocenters. The van der Waals surface area contributed by atoms with Gasteiger partial charge in [0.25, 0.3) is 0 Å². The van der Waals surface area contributed by atoms with Crippen molar-refractivity contribution in [3.63, 3.8) is 0 Å². The van der Waals surface area contributed by atoms with E-state index in [-0.39, 0.29) is 5.91 Å². The number of aromatic nitrogens is 1. The van der Waals surface area contributed by atoms with Crippen LogP contribution in [0.15, 0.2) is 30.6 Å². The Bertz CT molecular complexity index is 430. The molecular formula is C12H16N4O. The van der Waals surface area contributed by atoms with Gasteiger partial charge in [-0.2, -0.15) is 0 Å². The molecular weight excluding hydrogens is 216 g/mol. The summed E-state index contributed by atoms with van der Waals surface area (Å²) >= 11 is 0. The van der Waals surface area contributed by atoms with Crippen LogP contribution in [0.4, 0.5) is 11.5 Å².